The summed E-state index contributed by atoms with van der Waals surface area (Å²) in [6.07, 6.45) is 4.60. The zero-order chi connectivity index (χ0) is 11.9. The summed E-state index contributed by atoms with van der Waals surface area (Å²) in [5.74, 6) is 0.596. The fourth-order valence-electron chi connectivity index (χ4n) is 2.99. The Morgan fingerprint density at radius 2 is 2.12 bits per heavy atom. The number of benzene rings is 1. The van der Waals surface area contributed by atoms with Crippen molar-refractivity contribution in [3.8, 4) is 0 Å². The van der Waals surface area contributed by atoms with Crippen molar-refractivity contribution < 1.29 is 5.11 Å². The third kappa shape index (κ3) is 1.73. The van der Waals surface area contributed by atoms with Crippen molar-refractivity contribution >= 4 is 10.9 Å². The van der Waals surface area contributed by atoms with Crippen LogP contribution in [0, 0.1) is 5.92 Å². The second kappa shape index (κ2) is 3.81. The van der Waals surface area contributed by atoms with Crippen LogP contribution in [0.15, 0.2) is 36.5 Å². The molecule has 1 saturated carbocycles. The van der Waals surface area contributed by atoms with Gasteiger partial charge in [-0.2, -0.15) is 0 Å². The van der Waals surface area contributed by atoms with E-state index in [4.69, 9.17) is 0 Å². The van der Waals surface area contributed by atoms with E-state index < -0.39 is 5.60 Å². The van der Waals surface area contributed by atoms with Crippen molar-refractivity contribution in [3.63, 3.8) is 0 Å². The van der Waals surface area contributed by atoms with Gasteiger partial charge < -0.3 is 5.11 Å². The van der Waals surface area contributed by atoms with Crippen molar-refractivity contribution in [2.45, 2.75) is 31.8 Å². The number of aliphatic hydroxyl groups is 1. The molecular formula is C15H17NO. The van der Waals surface area contributed by atoms with Gasteiger partial charge in [0.25, 0.3) is 0 Å². The molecule has 0 spiro atoms. The number of pyridine rings is 1. The number of rotatable bonds is 1. The number of nitrogens with zero attached hydrogens (tertiary/aromatic N) is 1. The highest BCUT2D eigenvalue weighted by molar-refractivity contribution is 5.82. The van der Waals surface area contributed by atoms with Crippen LogP contribution >= 0.6 is 0 Å². The van der Waals surface area contributed by atoms with Crippen molar-refractivity contribution in [1.29, 1.82) is 0 Å². The monoisotopic (exact) mass is 227 g/mol. The first-order chi connectivity index (χ1) is 8.19. The first-order valence-corrected chi connectivity index (χ1v) is 6.26. The van der Waals surface area contributed by atoms with Gasteiger partial charge in [-0.15, -0.1) is 0 Å². The maximum atomic E-state index is 10.8. The van der Waals surface area contributed by atoms with Crippen LogP contribution in [0.1, 0.15) is 31.7 Å². The van der Waals surface area contributed by atoms with Crippen molar-refractivity contribution in [2.24, 2.45) is 5.92 Å². The molecule has 0 saturated heterocycles. The molecule has 1 heterocycles. The first kappa shape index (κ1) is 10.7. The van der Waals surface area contributed by atoms with Crippen LogP contribution in [0.2, 0.25) is 0 Å². The third-order valence-electron chi connectivity index (χ3n) is 3.87. The normalized spacial score (nSPS) is 28.7. The molecule has 88 valence electrons. The Hall–Kier alpha value is -1.41. The SMILES string of the molecule is CC1CCC(O)(c2cccc3cccnc23)C1. The summed E-state index contributed by atoms with van der Waals surface area (Å²) in [5.41, 5.74) is 1.28. The van der Waals surface area contributed by atoms with Gasteiger partial charge in [0.15, 0.2) is 0 Å². The van der Waals surface area contributed by atoms with E-state index in [0.717, 1.165) is 35.7 Å². The number of hydrogen-bond donors (Lipinski definition) is 1. The standard InChI is InChI=1S/C15H17NO/c1-11-7-8-15(17,10-11)13-6-2-4-12-5-3-9-16-14(12)13/h2-6,9,11,17H,7-8,10H2,1H3. The van der Waals surface area contributed by atoms with E-state index in [1.54, 1.807) is 6.20 Å². The molecule has 1 aromatic carbocycles. The average Bonchev–Trinajstić information content (AvgIpc) is 2.70. The second-order valence-electron chi connectivity index (χ2n) is 5.26. The molecule has 2 aromatic rings. The van der Waals surface area contributed by atoms with Gasteiger partial charge in [0.05, 0.1) is 11.1 Å². The van der Waals surface area contributed by atoms with Crippen molar-refractivity contribution in [1.82, 2.24) is 4.98 Å². The van der Waals surface area contributed by atoms with Gasteiger partial charge in [-0.3, -0.25) is 4.98 Å². The summed E-state index contributed by atoms with van der Waals surface area (Å²) < 4.78 is 0. The molecule has 0 bridgehead atoms. The minimum Gasteiger partial charge on any atom is -0.385 e. The number of para-hydroxylation sites is 1. The van der Waals surface area contributed by atoms with Gasteiger partial charge in [0.2, 0.25) is 0 Å². The molecule has 2 heteroatoms. The van der Waals surface area contributed by atoms with Gasteiger partial charge in [0.1, 0.15) is 0 Å². The lowest BCUT2D eigenvalue weighted by Crippen LogP contribution is -2.22. The van der Waals surface area contributed by atoms with Gasteiger partial charge in [-0.1, -0.05) is 31.2 Å². The molecule has 1 aromatic heterocycles. The summed E-state index contributed by atoms with van der Waals surface area (Å²) >= 11 is 0. The van der Waals surface area contributed by atoms with Crippen LogP contribution in [0.4, 0.5) is 0 Å². The number of aromatic nitrogens is 1. The van der Waals surface area contributed by atoms with Crippen LogP contribution in [-0.4, -0.2) is 10.1 Å². The molecule has 2 nitrogen and oxygen atoms in total. The lowest BCUT2D eigenvalue weighted by Gasteiger charge is -2.24. The van der Waals surface area contributed by atoms with E-state index in [1.165, 1.54) is 0 Å². The Labute approximate surface area is 101 Å². The summed E-state index contributed by atoms with van der Waals surface area (Å²) in [4.78, 5) is 4.44. The predicted molar refractivity (Wildman–Crippen MR) is 68.7 cm³/mol. The lowest BCUT2D eigenvalue weighted by atomic mass is 9.89. The molecule has 0 aliphatic heterocycles. The second-order valence-corrected chi connectivity index (χ2v) is 5.26. The highest BCUT2D eigenvalue weighted by Gasteiger charge is 2.38. The molecule has 17 heavy (non-hydrogen) atoms. The van der Waals surface area contributed by atoms with E-state index >= 15 is 0 Å². The molecule has 0 amide bonds. The molecule has 1 aliphatic rings. The molecule has 2 unspecified atom stereocenters. The van der Waals surface area contributed by atoms with Crippen LogP contribution < -0.4 is 0 Å². The predicted octanol–water partition coefficient (Wildman–Crippen LogP) is 3.24. The Kier molecular flexibility index (Phi) is 2.40. The van der Waals surface area contributed by atoms with Crippen LogP contribution in [0.25, 0.3) is 10.9 Å². The lowest BCUT2D eigenvalue weighted by molar-refractivity contribution is 0.0421. The zero-order valence-corrected chi connectivity index (χ0v) is 10.1. The Morgan fingerprint density at radius 1 is 1.29 bits per heavy atom. The van der Waals surface area contributed by atoms with Gasteiger partial charge in [-0.05, 0) is 31.2 Å². The Morgan fingerprint density at radius 3 is 2.88 bits per heavy atom. The van der Waals surface area contributed by atoms with E-state index in [-0.39, 0.29) is 0 Å². The van der Waals surface area contributed by atoms with Crippen molar-refractivity contribution in [2.75, 3.05) is 0 Å². The summed E-state index contributed by atoms with van der Waals surface area (Å²) in [5, 5.41) is 11.9. The fraction of sp³-hybridized carbons (Fsp3) is 0.400. The summed E-state index contributed by atoms with van der Waals surface area (Å²) in [7, 11) is 0. The van der Waals surface area contributed by atoms with E-state index in [9.17, 15) is 5.11 Å². The van der Waals surface area contributed by atoms with E-state index in [2.05, 4.69) is 11.9 Å². The summed E-state index contributed by atoms with van der Waals surface area (Å²) in [6.45, 7) is 2.20. The van der Waals surface area contributed by atoms with E-state index in [0.29, 0.717) is 5.92 Å². The molecule has 1 aliphatic carbocycles. The third-order valence-corrected chi connectivity index (χ3v) is 3.87. The largest absolute Gasteiger partial charge is 0.385 e. The van der Waals surface area contributed by atoms with Crippen molar-refractivity contribution in [3.05, 3.63) is 42.1 Å². The summed E-state index contributed by atoms with van der Waals surface area (Å²) in [6, 6.07) is 10.1. The molecule has 0 radical (unpaired) electrons. The van der Waals surface area contributed by atoms with Crippen LogP contribution in [0.5, 0.6) is 0 Å². The van der Waals surface area contributed by atoms with Gasteiger partial charge in [0, 0.05) is 17.1 Å². The number of hydrogen-bond acceptors (Lipinski definition) is 2. The molecule has 3 rings (SSSR count). The zero-order valence-electron chi connectivity index (χ0n) is 10.1. The van der Waals surface area contributed by atoms with Gasteiger partial charge >= 0.3 is 0 Å². The number of fused-ring (bicyclic) bond motifs is 1. The first-order valence-electron chi connectivity index (χ1n) is 6.26. The maximum absolute atomic E-state index is 10.8. The molecule has 1 N–H and O–H groups in total. The molecule has 1 fully saturated rings. The molecule has 2 atom stereocenters. The molecular weight excluding hydrogens is 210 g/mol. The maximum Gasteiger partial charge on any atom is 0.0920 e. The minimum atomic E-state index is -0.673. The smallest absolute Gasteiger partial charge is 0.0920 e. The Bertz CT molecular complexity index is 546. The highest BCUT2D eigenvalue weighted by Crippen LogP contribution is 2.43. The quantitative estimate of drug-likeness (QED) is 0.811. The topological polar surface area (TPSA) is 33.1 Å². The van der Waals surface area contributed by atoms with Crippen LogP contribution in [-0.2, 0) is 5.60 Å². The Balaban J connectivity index is 2.17. The van der Waals surface area contributed by atoms with E-state index in [1.807, 2.05) is 30.3 Å². The average molecular weight is 227 g/mol. The van der Waals surface area contributed by atoms with Gasteiger partial charge in [-0.25, -0.2) is 0 Å². The highest BCUT2D eigenvalue weighted by atomic mass is 16.3. The fourth-order valence-corrected chi connectivity index (χ4v) is 2.99. The minimum absolute atomic E-state index is 0.596. The van der Waals surface area contributed by atoms with Crippen LogP contribution in [0.3, 0.4) is 0 Å².